The summed E-state index contributed by atoms with van der Waals surface area (Å²) < 4.78 is 0. The molecule has 0 radical (unpaired) electrons. The first-order valence-electron chi connectivity index (χ1n) is 5.06. The van der Waals surface area contributed by atoms with Crippen molar-refractivity contribution in [1.82, 2.24) is 9.97 Å². The van der Waals surface area contributed by atoms with Crippen LogP contribution in [0.3, 0.4) is 0 Å². The molecule has 0 aliphatic carbocycles. The van der Waals surface area contributed by atoms with Crippen LogP contribution in [-0.4, -0.2) is 21.4 Å². The highest BCUT2D eigenvalue weighted by molar-refractivity contribution is 5.93. The number of benzene rings is 1. The summed E-state index contributed by atoms with van der Waals surface area (Å²) in [5.74, 6) is 0.237. The number of hydrogen-bond acceptors (Lipinski definition) is 6. The molecule has 2 aromatic rings. The Morgan fingerprint density at radius 2 is 2.24 bits per heavy atom. The molecule has 3 N–H and O–H groups in total. The van der Waals surface area contributed by atoms with Crippen molar-refractivity contribution in [3.63, 3.8) is 0 Å². The molecule has 88 valence electrons. The first-order chi connectivity index (χ1) is 8.13. The molecule has 0 atom stereocenters. The van der Waals surface area contributed by atoms with Gasteiger partial charge in [0.25, 0.3) is 5.69 Å². The summed E-state index contributed by atoms with van der Waals surface area (Å²) in [6, 6.07) is 3.00. The van der Waals surface area contributed by atoms with E-state index in [1.807, 2.05) is 6.92 Å². The van der Waals surface area contributed by atoms with Gasteiger partial charge in [-0.2, -0.15) is 0 Å². The predicted octanol–water partition coefficient (Wildman–Crippen LogP) is 1.55. The number of nitrogens with two attached hydrogens (primary N) is 1. The molecule has 0 unspecified atom stereocenters. The van der Waals surface area contributed by atoms with Gasteiger partial charge in [-0.05, 0) is 13.0 Å². The quantitative estimate of drug-likeness (QED) is 0.615. The van der Waals surface area contributed by atoms with E-state index in [-0.39, 0.29) is 11.5 Å². The van der Waals surface area contributed by atoms with E-state index in [4.69, 9.17) is 5.73 Å². The molecular weight excluding hydrogens is 222 g/mol. The number of hydrogen-bond donors (Lipinski definition) is 2. The Kier molecular flexibility index (Phi) is 2.73. The summed E-state index contributed by atoms with van der Waals surface area (Å²) in [6.45, 7) is 2.45. The zero-order chi connectivity index (χ0) is 12.4. The summed E-state index contributed by atoms with van der Waals surface area (Å²) in [4.78, 5) is 18.3. The lowest BCUT2D eigenvalue weighted by Gasteiger charge is -2.06. The molecule has 17 heavy (non-hydrogen) atoms. The Hall–Kier alpha value is -2.44. The number of anilines is 2. The maximum absolute atomic E-state index is 10.9. The van der Waals surface area contributed by atoms with Crippen LogP contribution in [0.2, 0.25) is 0 Å². The lowest BCUT2D eigenvalue weighted by Crippen LogP contribution is -2.02. The van der Waals surface area contributed by atoms with Crippen LogP contribution in [0.15, 0.2) is 18.5 Å². The molecule has 0 saturated carbocycles. The first kappa shape index (κ1) is 11.1. The smallest absolute Gasteiger partial charge is 0.293 e. The van der Waals surface area contributed by atoms with Gasteiger partial charge in [-0.25, -0.2) is 9.97 Å². The van der Waals surface area contributed by atoms with Gasteiger partial charge in [0.1, 0.15) is 17.8 Å². The van der Waals surface area contributed by atoms with E-state index in [1.54, 1.807) is 6.07 Å². The molecule has 0 bridgehead atoms. The summed E-state index contributed by atoms with van der Waals surface area (Å²) in [7, 11) is 0. The van der Waals surface area contributed by atoms with Crippen LogP contribution in [0.5, 0.6) is 0 Å². The Morgan fingerprint density at radius 1 is 1.47 bits per heavy atom. The highest BCUT2D eigenvalue weighted by Crippen LogP contribution is 2.30. The highest BCUT2D eigenvalue weighted by atomic mass is 16.6. The molecule has 1 heterocycles. The minimum Gasteiger partial charge on any atom is -0.383 e. The average Bonchev–Trinajstić information content (AvgIpc) is 2.29. The van der Waals surface area contributed by atoms with Crippen molar-refractivity contribution in [2.24, 2.45) is 0 Å². The molecule has 7 nitrogen and oxygen atoms in total. The van der Waals surface area contributed by atoms with E-state index < -0.39 is 4.92 Å². The van der Waals surface area contributed by atoms with Crippen LogP contribution < -0.4 is 11.1 Å². The number of nitrogen functional groups attached to an aromatic ring is 1. The number of fused-ring (bicyclic) bond motifs is 1. The Labute approximate surface area is 96.8 Å². The number of aromatic nitrogens is 2. The molecule has 0 aliphatic heterocycles. The predicted molar refractivity (Wildman–Crippen MR) is 64.8 cm³/mol. The molecule has 7 heteroatoms. The Bertz CT molecular complexity index is 584. The van der Waals surface area contributed by atoms with Gasteiger partial charge in [0.15, 0.2) is 0 Å². The fraction of sp³-hybridized carbons (Fsp3) is 0.200. The third-order valence-corrected chi connectivity index (χ3v) is 2.35. The highest BCUT2D eigenvalue weighted by Gasteiger charge is 2.16. The monoisotopic (exact) mass is 233 g/mol. The van der Waals surface area contributed by atoms with E-state index in [1.165, 1.54) is 12.4 Å². The second kappa shape index (κ2) is 4.20. The van der Waals surface area contributed by atoms with Crippen LogP contribution in [-0.2, 0) is 0 Å². The van der Waals surface area contributed by atoms with Crippen molar-refractivity contribution in [3.8, 4) is 0 Å². The molecule has 0 spiro atoms. The minimum atomic E-state index is -0.454. The van der Waals surface area contributed by atoms with Crippen LogP contribution in [0, 0.1) is 10.1 Å². The Balaban J connectivity index is 2.72. The SMILES string of the molecule is CCNc1cc2ncnc(N)c2cc1[N+](=O)[O-]. The molecule has 0 fully saturated rings. The summed E-state index contributed by atoms with van der Waals surface area (Å²) >= 11 is 0. The molecular formula is C10H11N5O2. The van der Waals surface area contributed by atoms with Gasteiger partial charge in [0.05, 0.1) is 10.4 Å². The normalized spacial score (nSPS) is 10.4. The topological polar surface area (TPSA) is 107 Å². The van der Waals surface area contributed by atoms with Crippen LogP contribution in [0.1, 0.15) is 6.92 Å². The second-order valence-electron chi connectivity index (χ2n) is 3.43. The standard InChI is InChI=1S/C10H11N5O2/c1-2-12-8-4-7-6(3-9(8)15(16)17)10(11)14-5-13-7/h3-5,12H,2H2,1H3,(H2,11,13,14). The lowest BCUT2D eigenvalue weighted by molar-refractivity contribution is -0.383. The Morgan fingerprint density at radius 3 is 2.88 bits per heavy atom. The first-order valence-corrected chi connectivity index (χ1v) is 5.06. The zero-order valence-electron chi connectivity index (χ0n) is 9.17. The molecule has 1 aromatic carbocycles. The fourth-order valence-corrected chi connectivity index (χ4v) is 1.59. The molecule has 0 aliphatic rings. The molecule has 1 aromatic heterocycles. The number of nitrogens with one attached hydrogen (secondary N) is 1. The minimum absolute atomic E-state index is 0.0270. The maximum Gasteiger partial charge on any atom is 0.293 e. The van der Waals surface area contributed by atoms with Gasteiger partial charge in [0, 0.05) is 18.0 Å². The van der Waals surface area contributed by atoms with E-state index >= 15 is 0 Å². The van der Waals surface area contributed by atoms with Crippen LogP contribution >= 0.6 is 0 Å². The van der Waals surface area contributed by atoms with Gasteiger partial charge < -0.3 is 11.1 Å². The molecule has 0 saturated heterocycles. The summed E-state index contributed by atoms with van der Waals surface area (Å²) in [5, 5.41) is 14.3. The van der Waals surface area contributed by atoms with Crippen LogP contribution in [0.25, 0.3) is 10.9 Å². The summed E-state index contributed by atoms with van der Waals surface area (Å²) in [6.07, 6.45) is 1.33. The van der Waals surface area contributed by atoms with Crippen molar-refractivity contribution in [2.75, 3.05) is 17.6 Å². The molecule has 2 rings (SSSR count). The average molecular weight is 233 g/mol. The van der Waals surface area contributed by atoms with E-state index in [0.29, 0.717) is 23.1 Å². The van der Waals surface area contributed by atoms with Crippen molar-refractivity contribution in [3.05, 3.63) is 28.6 Å². The zero-order valence-corrected chi connectivity index (χ0v) is 9.17. The van der Waals surface area contributed by atoms with E-state index in [9.17, 15) is 10.1 Å². The summed E-state index contributed by atoms with van der Waals surface area (Å²) in [5.41, 5.74) is 6.64. The van der Waals surface area contributed by atoms with Gasteiger partial charge in [0.2, 0.25) is 0 Å². The second-order valence-corrected chi connectivity index (χ2v) is 3.43. The largest absolute Gasteiger partial charge is 0.383 e. The third kappa shape index (κ3) is 1.94. The van der Waals surface area contributed by atoms with E-state index in [0.717, 1.165) is 0 Å². The molecule has 0 amide bonds. The third-order valence-electron chi connectivity index (χ3n) is 2.35. The van der Waals surface area contributed by atoms with Crippen molar-refractivity contribution in [1.29, 1.82) is 0 Å². The van der Waals surface area contributed by atoms with Gasteiger partial charge in [-0.15, -0.1) is 0 Å². The van der Waals surface area contributed by atoms with Gasteiger partial charge >= 0.3 is 0 Å². The van der Waals surface area contributed by atoms with Gasteiger partial charge in [-0.3, -0.25) is 10.1 Å². The fourth-order valence-electron chi connectivity index (χ4n) is 1.59. The van der Waals surface area contributed by atoms with E-state index in [2.05, 4.69) is 15.3 Å². The van der Waals surface area contributed by atoms with Crippen molar-refractivity contribution >= 4 is 28.1 Å². The van der Waals surface area contributed by atoms with Crippen molar-refractivity contribution in [2.45, 2.75) is 6.92 Å². The maximum atomic E-state index is 10.9. The van der Waals surface area contributed by atoms with Gasteiger partial charge in [-0.1, -0.05) is 0 Å². The van der Waals surface area contributed by atoms with Crippen molar-refractivity contribution < 1.29 is 4.92 Å². The van der Waals surface area contributed by atoms with Crippen LogP contribution in [0.4, 0.5) is 17.2 Å². The number of nitro benzene ring substituents is 1. The number of nitro groups is 1. The number of nitrogens with zero attached hydrogens (tertiary/aromatic N) is 3. The number of rotatable bonds is 3. The lowest BCUT2D eigenvalue weighted by atomic mass is 10.2.